The third kappa shape index (κ3) is 1.67. The lowest BCUT2D eigenvalue weighted by Crippen LogP contribution is -2.31. The van der Waals surface area contributed by atoms with Crippen molar-refractivity contribution in [3.63, 3.8) is 0 Å². The van der Waals surface area contributed by atoms with E-state index in [0.29, 0.717) is 0 Å². The molecule has 0 amide bonds. The Balaban J connectivity index is 2.96. The SMILES string of the molecule is Cc1ccc2c(C)c(C(C)(C)N)n(C)c2c1C. The molecule has 2 N–H and O–H groups in total. The van der Waals surface area contributed by atoms with Crippen LogP contribution in [0.2, 0.25) is 0 Å². The average Bonchev–Trinajstić information content (AvgIpc) is 2.44. The second-order valence-electron chi connectivity index (χ2n) is 5.66. The maximum Gasteiger partial charge on any atom is 0.0515 e. The summed E-state index contributed by atoms with van der Waals surface area (Å²) in [4.78, 5) is 0. The highest BCUT2D eigenvalue weighted by molar-refractivity contribution is 5.89. The molecule has 0 bridgehead atoms. The summed E-state index contributed by atoms with van der Waals surface area (Å²) in [5.74, 6) is 0. The smallest absolute Gasteiger partial charge is 0.0515 e. The Morgan fingerprint density at radius 2 is 1.65 bits per heavy atom. The number of nitrogens with two attached hydrogens (primary N) is 1. The van der Waals surface area contributed by atoms with Gasteiger partial charge in [0.15, 0.2) is 0 Å². The van der Waals surface area contributed by atoms with Gasteiger partial charge in [-0.05, 0) is 51.3 Å². The number of nitrogens with zero attached hydrogens (tertiary/aromatic N) is 1. The van der Waals surface area contributed by atoms with Crippen molar-refractivity contribution in [3.05, 3.63) is 34.5 Å². The molecule has 2 heteroatoms. The van der Waals surface area contributed by atoms with E-state index in [1.807, 2.05) is 0 Å². The minimum Gasteiger partial charge on any atom is -0.346 e. The van der Waals surface area contributed by atoms with E-state index in [2.05, 4.69) is 58.4 Å². The maximum atomic E-state index is 6.29. The topological polar surface area (TPSA) is 30.9 Å². The van der Waals surface area contributed by atoms with Crippen molar-refractivity contribution >= 4 is 10.9 Å². The fraction of sp³-hybridized carbons (Fsp3) is 0.467. The van der Waals surface area contributed by atoms with Crippen molar-refractivity contribution in [2.24, 2.45) is 12.8 Å². The standard InChI is InChI=1S/C15H22N2/c1-9-7-8-12-11(3)14(15(4,5)16)17(6)13(12)10(9)2/h7-8H,16H2,1-6H3. The van der Waals surface area contributed by atoms with Gasteiger partial charge in [-0.1, -0.05) is 12.1 Å². The monoisotopic (exact) mass is 230 g/mol. The van der Waals surface area contributed by atoms with Crippen LogP contribution >= 0.6 is 0 Å². The Bertz CT molecular complexity index is 583. The first-order chi connectivity index (χ1) is 7.75. The van der Waals surface area contributed by atoms with Crippen LogP contribution in [-0.4, -0.2) is 4.57 Å². The van der Waals surface area contributed by atoms with Crippen molar-refractivity contribution in [2.45, 2.75) is 40.2 Å². The Labute approximate surface area is 103 Å². The molecule has 2 aromatic rings. The van der Waals surface area contributed by atoms with Crippen LogP contribution < -0.4 is 5.73 Å². The lowest BCUT2D eigenvalue weighted by molar-refractivity contribution is 0.513. The minimum absolute atomic E-state index is 0.307. The van der Waals surface area contributed by atoms with Gasteiger partial charge in [0.05, 0.1) is 11.1 Å². The van der Waals surface area contributed by atoms with Gasteiger partial charge in [-0.3, -0.25) is 0 Å². The highest BCUT2D eigenvalue weighted by atomic mass is 15.0. The molecule has 2 nitrogen and oxygen atoms in total. The van der Waals surface area contributed by atoms with E-state index in [1.165, 1.54) is 33.3 Å². The number of aryl methyl sites for hydroxylation is 4. The predicted octanol–water partition coefficient (Wildman–Crippen LogP) is 3.30. The highest BCUT2D eigenvalue weighted by Crippen LogP contribution is 2.33. The molecule has 0 spiro atoms. The molecule has 1 heterocycles. The molecule has 1 aromatic heterocycles. The number of fused-ring (bicyclic) bond motifs is 1. The molecule has 0 saturated carbocycles. The van der Waals surface area contributed by atoms with Crippen LogP contribution in [0.15, 0.2) is 12.1 Å². The van der Waals surface area contributed by atoms with Gasteiger partial charge in [0, 0.05) is 18.1 Å². The van der Waals surface area contributed by atoms with E-state index in [4.69, 9.17) is 5.73 Å². The summed E-state index contributed by atoms with van der Waals surface area (Å²) in [6.07, 6.45) is 0. The molecule has 0 aliphatic carbocycles. The fourth-order valence-electron chi connectivity index (χ4n) is 2.94. The molecule has 0 atom stereocenters. The van der Waals surface area contributed by atoms with E-state index < -0.39 is 0 Å². The Morgan fingerprint density at radius 1 is 1.06 bits per heavy atom. The van der Waals surface area contributed by atoms with Crippen molar-refractivity contribution in [2.75, 3.05) is 0 Å². The molecule has 2 rings (SSSR count). The van der Waals surface area contributed by atoms with Gasteiger partial charge in [-0.2, -0.15) is 0 Å². The van der Waals surface area contributed by atoms with Gasteiger partial charge in [-0.15, -0.1) is 0 Å². The Morgan fingerprint density at radius 3 is 2.18 bits per heavy atom. The summed E-state index contributed by atoms with van der Waals surface area (Å²) in [7, 11) is 2.12. The molecule has 0 aliphatic heterocycles. The number of aromatic nitrogens is 1. The predicted molar refractivity (Wildman–Crippen MR) is 74.3 cm³/mol. The second-order valence-corrected chi connectivity index (χ2v) is 5.66. The van der Waals surface area contributed by atoms with Gasteiger partial charge in [0.25, 0.3) is 0 Å². The molecular formula is C15H22N2. The number of rotatable bonds is 1. The van der Waals surface area contributed by atoms with Gasteiger partial charge in [-0.25, -0.2) is 0 Å². The minimum atomic E-state index is -0.307. The Hall–Kier alpha value is -1.28. The quantitative estimate of drug-likeness (QED) is 0.800. The third-order valence-corrected chi connectivity index (χ3v) is 3.74. The maximum absolute atomic E-state index is 6.29. The fourth-order valence-corrected chi connectivity index (χ4v) is 2.94. The van der Waals surface area contributed by atoms with Crippen molar-refractivity contribution in [3.8, 4) is 0 Å². The number of hydrogen-bond donors (Lipinski definition) is 1. The normalized spacial score (nSPS) is 12.4. The largest absolute Gasteiger partial charge is 0.346 e. The van der Waals surface area contributed by atoms with Crippen LogP contribution in [0.25, 0.3) is 10.9 Å². The first-order valence-corrected chi connectivity index (χ1v) is 6.09. The zero-order chi connectivity index (χ0) is 13.0. The van der Waals surface area contributed by atoms with Crippen molar-refractivity contribution in [1.29, 1.82) is 0 Å². The molecule has 1 aromatic carbocycles. The number of hydrogen-bond acceptors (Lipinski definition) is 1. The van der Waals surface area contributed by atoms with Gasteiger partial charge < -0.3 is 10.3 Å². The molecule has 0 unspecified atom stereocenters. The van der Waals surface area contributed by atoms with E-state index in [1.54, 1.807) is 0 Å². The van der Waals surface area contributed by atoms with Crippen molar-refractivity contribution in [1.82, 2.24) is 4.57 Å². The summed E-state index contributed by atoms with van der Waals surface area (Å²) in [5, 5.41) is 1.32. The van der Waals surface area contributed by atoms with Gasteiger partial charge in [0.1, 0.15) is 0 Å². The molecule has 0 saturated heterocycles. The van der Waals surface area contributed by atoms with Crippen molar-refractivity contribution < 1.29 is 0 Å². The Kier molecular flexibility index (Phi) is 2.58. The summed E-state index contributed by atoms with van der Waals surface area (Å²) >= 11 is 0. The van der Waals surface area contributed by atoms with E-state index >= 15 is 0 Å². The first-order valence-electron chi connectivity index (χ1n) is 6.09. The molecule has 0 radical (unpaired) electrons. The summed E-state index contributed by atoms with van der Waals surface area (Å²) < 4.78 is 2.26. The second kappa shape index (κ2) is 3.61. The lowest BCUT2D eigenvalue weighted by atomic mass is 9.97. The highest BCUT2D eigenvalue weighted by Gasteiger charge is 2.24. The van der Waals surface area contributed by atoms with Crippen LogP contribution in [0, 0.1) is 20.8 Å². The lowest BCUT2D eigenvalue weighted by Gasteiger charge is -2.21. The summed E-state index contributed by atoms with van der Waals surface area (Å²) in [6, 6.07) is 4.40. The van der Waals surface area contributed by atoms with Gasteiger partial charge in [0.2, 0.25) is 0 Å². The van der Waals surface area contributed by atoms with Crippen LogP contribution in [0.1, 0.15) is 36.2 Å². The average molecular weight is 230 g/mol. The van der Waals surface area contributed by atoms with E-state index in [0.717, 1.165) is 0 Å². The molecule has 92 valence electrons. The third-order valence-electron chi connectivity index (χ3n) is 3.74. The molecule has 17 heavy (non-hydrogen) atoms. The zero-order valence-electron chi connectivity index (χ0n) is 11.7. The zero-order valence-corrected chi connectivity index (χ0v) is 11.7. The number of benzene rings is 1. The van der Waals surface area contributed by atoms with E-state index in [9.17, 15) is 0 Å². The summed E-state index contributed by atoms with van der Waals surface area (Å²) in [5.41, 5.74) is 12.5. The summed E-state index contributed by atoms with van der Waals surface area (Å²) in [6.45, 7) is 10.6. The molecular weight excluding hydrogens is 208 g/mol. The first kappa shape index (κ1) is 12.2. The van der Waals surface area contributed by atoms with Gasteiger partial charge >= 0.3 is 0 Å². The molecule has 0 fully saturated rings. The van der Waals surface area contributed by atoms with Crippen LogP contribution in [0.5, 0.6) is 0 Å². The van der Waals surface area contributed by atoms with Crippen LogP contribution in [0.3, 0.4) is 0 Å². The molecule has 0 aliphatic rings. The van der Waals surface area contributed by atoms with Crippen LogP contribution in [0.4, 0.5) is 0 Å². The van der Waals surface area contributed by atoms with Crippen LogP contribution in [-0.2, 0) is 12.6 Å². The van der Waals surface area contributed by atoms with E-state index in [-0.39, 0.29) is 5.54 Å².